The van der Waals surface area contributed by atoms with E-state index in [-0.39, 0.29) is 18.1 Å². The molecule has 7 heteroatoms. The fraction of sp³-hybridized carbons (Fsp3) is 0.176. The minimum Gasteiger partial charge on any atom is -0.479 e. The molecule has 24 heavy (non-hydrogen) atoms. The largest absolute Gasteiger partial charge is 0.479 e. The summed E-state index contributed by atoms with van der Waals surface area (Å²) in [5, 5.41) is 19.8. The van der Waals surface area contributed by atoms with Crippen molar-refractivity contribution in [3.05, 3.63) is 63.7 Å². The molecule has 0 aliphatic carbocycles. The van der Waals surface area contributed by atoms with Crippen LogP contribution in [0.15, 0.2) is 42.5 Å². The van der Waals surface area contributed by atoms with Gasteiger partial charge < -0.3 is 9.64 Å². The maximum Gasteiger partial charge on any atom is 0.271 e. The molecule has 1 heterocycles. The van der Waals surface area contributed by atoms with E-state index in [1.54, 1.807) is 31.2 Å². The lowest BCUT2D eigenvalue weighted by Crippen LogP contribution is -2.44. The number of nitro groups is 1. The van der Waals surface area contributed by atoms with Gasteiger partial charge in [-0.2, -0.15) is 5.26 Å². The number of rotatable bonds is 3. The Morgan fingerprint density at radius 2 is 2.00 bits per heavy atom. The van der Waals surface area contributed by atoms with Gasteiger partial charge in [-0.05, 0) is 30.7 Å². The molecule has 0 saturated heterocycles. The van der Waals surface area contributed by atoms with Gasteiger partial charge in [0.25, 0.3) is 11.6 Å². The van der Waals surface area contributed by atoms with Gasteiger partial charge in [-0.15, -0.1) is 0 Å². The molecular formula is C17H13N3O4. The maximum atomic E-state index is 12.5. The van der Waals surface area contributed by atoms with Crippen LogP contribution in [0.5, 0.6) is 5.75 Å². The molecule has 7 nitrogen and oxygen atoms in total. The van der Waals surface area contributed by atoms with Crippen molar-refractivity contribution in [3.63, 3.8) is 0 Å². The van der Waals surface area contributed by atoms with Crippen LogP contribution in [0.4, 0.5) is 11.4 Å². The zero-order valence-electron chi connectivity index (χ0n) is 12.8. The first-order valence-corrected chi connectivity index (χ1v) is 7.25. The Balaban J connectivity index is 1.99. The first kappa shape index (κ1) is 15.5. The van der Waals surface area contributed by atoms with Crippen LogP contribution in [0.3, 0.4) is 0 Å². The monoisotopic (exact) mass is 323 g/mol. The van der Waals surface area contributed by atoms with Crippen LogP contribution in [-0.4, -0.2) is 16.9 Å². The Labute approximate surface area is 137 Å². The number of hydrogen-bond donors (Lipinski definition) is 0. The topological polar surface area (TPSA) is 96.5 Å². The van der Waals surface area contributed by atoms with Gasteiger partial charge in [0.1, 0.15) is 5.75 Å². The third-order valence-electron chi connectivity index (χ3n) is 3.79. The van der Waals surface area contributed by atoms with Crippen molar-refractivity contribution in [3.8, 4) is 11.8 Å². The van der Waals surface area contributed by atoms with Gasteiger partial charge in [-0.25, -0.2) is 0 Å². The van der Waals surface area contributed by atoms with Crippen molar-refractivity contribution in [2.24, 2.45) is 0 Å². The lowest BCUT2D eigenvalue weighted by Gasteiger charge is -2.32. The Bertz CT molecular complexity index is 855. The summed E-state index contributed by atoms with van der Waals surface area (Å²) in [6.07, 6.45) is -0.669. The lowest BCUT2D eigenvalue weighted by molar-refractivity contribution is -0.384. The van der Waals surface area contributed by atoms with Gasteiger partial charge in [0.2, 0.25) is 0 Å². The number of amides is 1. The highest BCUT2D eigenvalue weighted by Gasteiger charge is 2.32. The average Bonchev–Trinajstić information content (AvgIpc) is 2.59. The summed E-state index contributed by atoms with van der Waals surface area (Å²) in [6, 6.07) is 13.1. The van der Waals surface area contributed by atoms with Crippen LogP contribution >= 0.6 is 0 Å². The number of non-ortho nitro benzene ring substituents is 1. The fourth-order valence-corrected chi connectivity index (χ4v) is 2.54. The molecule has 0 bridgehead atoms. The van der Waals surface area contributed by atoms with Gasteiger partial charge >= 0.3 is 0 Å². The van der Waals surface area contributed by atoms with Gasteiger partial charge in [0.15, 0.2) is 6.10 Å². The predicted molar refractivity (Wildman–Crippen MR) is 85.5 cm³/mol. The number of carbonyl (C=O) groups is 1. The maximum absolute atomic E-state index is 12.5. The van der Waals surface area contributed by atoms with Gasteiger partial charge in [-0.3, -0.25) is 14.9 Å². The van der Waals surface area contributed by atoms with E-state index in [1.165, 1.54) is 23.1 Å². The van der Waals surface area contributed by atoms with E-state index in [2.05, 4.69) is 0 Å². The van der Waals surface area contributed by atoms with Crippen molar-refractivity contribution in [2.45, 2.75) is 19.6 Å². The molecule has 0 aromatic heterocycles. The normalized spacial score (nSPS) is 16.1. The van der Waals surface area contributed by atoms with E-state index < -0.39 is 11.0 Å². The van der Waals surface area contributed by atoms with Crippen molar-refractivity contribution in [2.75, 3.05) is 4.90 Å². The van der Waals surface area contributed by atoms with Crippen molar-refractivity contribution in [1.82, 2.24) is 0 Å². The highest BCUT2D eigenvalue weighted by molar-refractivity contribution is 6.00. The average molecular weight is 323 g/mol. The summed E-state index contributed by atoms with van der Waals surface area (Å²) in [7, 11) is 0. The van der Waals surface area contributed by atoms with Gasteiger partial charge in [0, 0.05) is 12.1 Å². The summed E-state index contributed by atoms with van der Waals surface area (Å²) in [4.78, 5) is 24.4. The molecule has 1 aliphatic rings. The fourth-order valence-electron chi connectivity index (χ4n) is 2.54. The lowest BCUT2D eigenvalue weighted by atomic mass is 10.1. The minimum absolute atomic E-state index is 0.107. The molecule has 3 rings (SSSR count). The van der Waals surface area contributed by atoms with E-state index in [1.807, 2.05) is 6.07 Å². The van der Waals surface area contributed by atoms with Gasteiger partial charge in [-0.1, -0.05) is 12.1 Å². The number of carbonyl (C=O) groups excluding carboxylic acids is 1. The number of fused-ring (bicyclic) bond motifs is 1. The molecule has 0 radical (unpaired) electrons. The number of nitriles is 1. The SMILES string of the molecule is C[C@@H]1Oc2ccc([N+](=O)[O-])cc2N(Cc2ccc(C#N)cc2)C1=O. The van der Waals surface area contributed by atoms with E-state index in [0.29, 0.717) is 17.0 Å². The Hall–Kier alpha value is -3.40. The Kier molecular flexibility index (Phi) is 3.88. The molecule has 0 spiro atoms. The second-order valence-electron chi connectivity index (χ2n) is 5.40. The summed E-state index contributed by atoms with van der Waals surface area (Å²) in [6.45, 7) is 1.88. The van der Waals surface area contributed by atoms with Crippen molar-refractivity contribution < 1.29 is 14.5 Å². The quantitative estimate of drug-likeness (QED) is 0.639. The number of ether oxygens (including phenoxy) is 1. The zero-order valence-corrected chi connectivity index (χ0v) is 12.8. The van der Waals surface area contributed by atoms with Crippen LogP contribution in [0.1, 0.15) is 18.1 Å². The molecule has 1 amide bonds. The first-order chi connectivity index (χ1) is 11.5. The molecule has 2 aromatic carbocycles. The molecular weight excluding hydrogens is 310 g/mol. The van der Waals surface area contributed by atoms with E-state index in [4.69, 9.17) is 10.00 Å². The Morgan fingerprint density at radius 3 is 2.62 bits per heavy atom. The van der Waals surface area contributed by atoms with Crippen LogP contribution in [-0.2, 0) is 11.3 Å². The zero-order chi connectivity index (χ0) is 17.3. The third-order valence-corrected chi connectivity index (χ3v) is 3.79. The van der Waals surface area contributed by atoms with Crippen LogP contribution < -0.4 is 9.64 Å². The van der Waals surface area contributed by atoms with Crippen molar-refractivity contribution >= 4 is 17.3 Å². The highest BCUT2D eigenvalue weighted by Crippen LogP contribution is 2.37. The summed E-state index contributed by atoms with van der Waals surface area (Å²) < 4.78 is 5.53. The van der Waals surface area contributed by atoms with E-state index in [9.17, 15) is 14.9 Å². The standard InChI is InChI=1S/C17H13N3O4/c1-11-17(21)19(10-13-4-2-12(9-18)3-5-13)15-8-14(20(22)23)6-7-16(15)24-11/h2-8,11H,10H2,1H3/t11-/m0/s1. The smallest absolute Gasteiger partial charge is 0.271 e. The molecule has 0 N–H and O–H groups in total. The molecule has 1 aliphatic heterocycles. The number of hydrogen-bond acceptors (Lipinski definition) is 5. The summed E-state index contributed by atoms with van der Waals surface area (Å²) >= 11 is 0. The number of anilines is 1. The molecule has 1 atom stereocenters. The van der Waals surface area contributed by atoms with Crippen molar-refractivity contribution in [1.29, 1.82) is 5.26 Å². The van der Waals surface area contributed by atoms with Crippen LogP contribution in [0.2, 0.25) is 0 Å². The minimum atomic E-state index is -0.669. The molecule has 0 unspecified atom stereocenters. The molecule has 0 saturated carbocycles. The molecule has 0 fully saturated rings. The second kappa shape index (κ2) is 6.01. The first-order valence-electron chi connectivity index (χ1n) is 7.25. The van der Waals surface area contributed by atoms with Gasteiger partial charge in [0.05, 0.1) is 28.8 Å². The van der Waals surface area contributed by atoms with Crippen LogP contribution in [0.25, 0.3) is 0 Å². The number of benzene rings is 2. The van der Waals surface area contributed by atoms with E-state index in [0.717, 1.165) is 5.56 Å². The highest BCUT2D eigenvalue weighted by atomic mass is 16.6. The summed E-state index contributed by atoms with van der Waals surface area (Å²) in [5.41, 5.74) is 1.60. The summed E-state index contributed by atoms with van der Waals surface area (Å²) in [5.74, 6) is 0.161. The second-order valence-corrected chi connectivity index (χ2v) is 5.40. The van der Waals surface area contributed by atoms with E-state index >= 15 is 0 Å². The molecule has 120 valence electrons. The number of nitrogens with zero attached hydrogens (tertiary/aromatic N) is 3. The molecule has 2 aromatic rings. The predicted octanol–water partition coefficient (Wildman–Crippen LogP) is 2.78. The number of nitro benzene ring substituents is 1. The third kappa shape index (κ3) is 2.77. The Morgan fingerprint density at radius 1 is 1.29 bits per heavy atom. The van der Waals surface area contributed by atoms with Crippen LogP contribution in [0, 0.1) is 21.4 Å².